The molecule has 1 rings (SSSR count). The van der Waals surface area contributed by atoms with Crippen LogP contribution in [0.4, 0.5) is 0 Å². The molecule has 0 aliphatic rings. The molecule has 1 radical (unpaired) electrons. The molecule has 67 valence electrons. The average molecular weight is 210 g/mol. The van der Waals surface area contributed by atoms with Gasteiger partial charge < -0.3 is 4.74 Å². The maximum atomic E-state index is 10.9. The first-order chi connectivity index (χ1) is 5.72. The quantitative estimate of drug-likeness (QED) is 0.424. The van der Waals surface area contributed by atoms with Crippen LogP contribution in [0, 0.1) is 4.77 Å². The van der Waals surface area contributed by atoms with Crippen LogP contribution in [-0.2, 0) is 16.0 Å². The number of hydrogen-bond donors (Lipinski definition) is 2. The molecule has 0 aliphatic heterocycles. The fourth-order valence-corrected chi connectivity index (χ4v) is 0.898. The van der Waals surface area contributed by atoms with Crippen LogP contribution >= 0.6 is 12.2 Å². The van der Waals surface area contributed by atoms with Gasteiger partial charge in [0.15, 0.2) is 0 Å². The van der Waals surface area contributed by atoms with E-state index >= 15 is 0 Å². The molecular formula is C6H9N3NaO2S. The Labute approximate surface area is 103 Å². The van der Waals surface area contributed by atoms with Crippen molar-refractivity contribution in [3.63, 3.8) is 0 Å². The molecule has 0 fully saturated rings. The first kappa shape index (κ1) is 12.8. The van der Waals surface area contributed by atoms with E-state index < -0.39 is 0 Å². The molecule has 0 aromatic carbocycles. The molecule has 1 heterocycles. The number of rotatable bonds is 3. The fraction of sp³-hybridized carbons (Fsp3) is 0.500. The van der Waals surface area contributed by atoms with Gasteiger partial charge in [0.25, 0.3) is 0 Å². The van der Waals surface area contributed by atoms with E-state index in [1.165, 1.54) is 0 Å². The number of H-pyrrole nitrogens is 2. The number of aromatic nitrogens is 3. The minimum atomic E-state index is -0.310. The van der Waals surface area contributed by atoms with Gasteiger partial charge in [-0.2, -0.15) is 0 Å². The predicted octanol–water partition coefficient (Wildman–Crippen LogP) is 0.192. The molecule has 1 aromatic rings. The SMILES string of the molecule is CCOC(=O)Cc1nc(=S)[nH][nH]1.[Na]. The normalized spacial score (nSPS) is 9.00. The molecule has 0 unspecified atom stereocenters. The number of nitrogens with zero attached hydrogens (tertiary/aromatic N) is 1. The van der Waals surface area contributed by atoms with Gasteiger partial charge in [-0.25, -0.2) is 4.98 Å². The van der Waals surface area contributed by atoms with E-state index in [9.17, 15) is 4.79 Å². The summed E-state index contributed by atoms with van der Waals surface area (Å²) in [4.78, 5) is 14.7. The topological polar surface area (TPSA) is 70.8 Å². The monoisotopic (exact) mass is 210 g/mol. The Balaban J connectivity index is 0.00000144. The largest absolute Gasteiger partial charge is 0.466 e. The third-order valence-corrected chi connectivity index (χ3v) is 1.36. The molecule has 0 amide bonds. The summed E-state index contributed by atoms with van der Waals surface area (Å²) in [6.45, 7) is 2.13. The summed E-state index contributed by atoms with van der Waals surface area (Å²) < 4.78 is 5.05. The zero-order chi connectivity index (χ0) is 8.97. The van der Waals surface area contributed by atoms with Crippen molar-refractivity contribution in [1.29, 1.82) is 0 Å². The van der Waals surface area contributed by atoms with E-state index in [1.54, 1.807) is 6.92 Å². The van der Waals surface area contributed by atoms with Crippen LogP contribution in [0.15, 0.2) is 0 Å². The summed E-state index contributed by atoms with van der Waals surface area (Å²) in [5.41, 5.74) is 0. The van der Waals surface area contributed by atoms with Gasteiger partial charge in [-0.15, -0.1) is 0 Å². The van der Waals surface area contributed by atoms with Crippen LogP contribution in [-0.4, -0.2) is 57.3 Å². The van der Waals surface area contributed by atoms with Gasteiger partial charge in [-0.1, -0.05) is 0 Å². The molecule has 0 saturated carbocycles. The summed E-state index contributed by atoms with van der Waals surface area (Å²) in [6.07, 6.45) is 0.126. The average Bonchev–Trinajstić information content (AvgIpc) is 2.36. The van der Waals surface area contributed by atoms with Crippen molar-refractivity contribution in [3.05, 3.63) is 10.6 Å². The second-order valence-corrected chi connectivity index (χ2v) is 2.48. The number of hydrogen-bond acceptors (Lipinski definition) is 4. The van der Waals surface area contributed by atoms with E-state index in [0.717, 1.165) is 0 Å². The molecule has 0 atom stereocenters. The van der Waals surface area contributed by atoms with Crippen molar-refractivity contribution in [3.8, 4) is 0 Å². The summed E-state index contributed by atoms with van der Waals surface area (Å²) in [7, 11) is 0. The molecule has 0 aliphatic carbocycles. The van der Waals surface area contributed by atoms with E-state index in [4.69, 9.17) is 17.0 Å². The first-order valence-corrected chi connectivity index (χ1v) is 3.92. The number of carbonyl (C=O) groups excluding carboxylic acids is 1. The molecule has 0 spiro atoms. The van der Waals surface area contributed by atoms with E-state index in [0.29, 0.717) is 17.2 Å². The van der Waals surface area contributed by atoms with E-state index in [1.807, 2.05) is 0 Å². The molecule has 2 N–H and O–H groups in total. The third kappa shape index (κ3) is 4.56. The summed E-state index contributed by atoms with van der Waals surface area (Å²) in [6, 6.07) is 0. The molecular weight excluding hydrogens is 201 g/mol. The number of aromatic amines is 2. The second kappa shape index (κ2) is 6.31. The minimum Gasteiger partial charge on any atom is -0.466 e. The Morgan fingerprint density at radius 3 is 2.77 bits per heavy atom. The number of ether oxygens (including phenoxy) is 1. The smallest absolute Gasteiger partial charge is 0.313 e. The molecule has 0 saturated heterocycles. The molecule has 1 aromatic heterocycles. The van der Waals surface area contributed by atoms with Gasteiger partial charge in [0.2, 0.25) is 4.77 Å². The van der Waals surface area contributed by atoms with Gasteiger partial charge >= 0.3 is 5.97 Å². The van der Waals surface area contributed by atoms with Crippen LogP contribution < -0.4 is 0 Å². The van der Waals surface area contributed by atoms with Crippen LogP contribution in [0.5, 0.6) is 0 Å². The van der Waals surface area contributed by atoms with Crippen LogP contribution in [0.3, 0.4) is 0 Å². The number of nitrogens with one attached hydrogen (secondary N) is 2. The fourth-order valence-electron chi connectivity index (χ4n) is 0.737. The maximum Gasteiger partial charge on any atom is 0.313 e. The van der Waals surface area contributed by atoms with Crippen molar-refractivity contribution in [2.45, 2.75) is 13.3 Å². The summed E-state index contributed by atoms with van der Waals surface area (Å²) in [5.74, 6) is 0.189. The van der Waals surface area contributed by atoms with Crippen LogP contribution in [0.25, 0.3) is 0 Å². The molecule has 7 heteroatoms. The Morgan fingerprint density at radius 2 is 2.31 bits per heavy atom. The number of carbonyl (C=O) groups is 1. The van der Waals surface area contributed by atoms with Gasteiger partial charge in [-0.3, -0.25) is 15.0 Å². The molecule has 13 heavy (non-hydrogen) atoms. The van der Waals surface area contributed by atoms with Crippen molar-refractivity contribution in [1.82, 2.24) is 15.2 Å². The van der Waals surface area contributed by atoms with E-state index in [-0.39, 0.29) is 41.9 Å². The van der Waals surface area contributed by atoms with Crippen molar-refractivity contribution in [2.75, 3.05) is 6.61 Å². The van der Waals surface area contributed by atoms with Gasteiger partial charge in [0, 0.05) is 29.6 Å². The molecule has 0 bridgehead atoms. The zero-order valence-corrected chi connectivity index (χ0v) is 10.4. The summed E-state index contributed by atoms with van der Waals surface area (Å²) >= 11 is 4.70. The standard InChI is InChI=1S/C6H9N3O2S.Na/c1-2-11-5(10)3-4-7-6(12)9-8-4;/h2-3H2,1H3,(H2,7,8,9,12);. The van der Waals surface area contributed by atoms with Crippen LogP contribution in [0.2, 0.25) is 0 Å². The van der Waals surface area contributed by atoms with Crippen molar-refractivity contribution >= 4 is 47.7 Å². The van der Waals surface area contributed by atoms with E-state index in [2.05, 4.69) is 15.2 Å². The van der Waals surface area contributed by atoms with Crippen molar-refractivity contribution in [2.24, 2.45) is 0 Å². The Bertz CT molecular complexity index is 322. The minimum absolute atomic E-state index is 0. The van der Waals surface area contributed by atoms with Gasteiger partial charge in [0.05, 0.1) is 6.61 Å². The maximum absolute atomic E-state index is 10.9. The number of esters is 1. The van der Waals surface area contributed by atoms with Gasteiger partial charge in [-0.05, 0) is 19.1 Å². The van der Waals surface area contributed by atoms with Gasteiger partial charge in [0.1, 0.15) is 12.2 Å². The Hall–Kier alpha value is -0.170. The van der Waals surface area contributed by atoms with Crippen molar-refractivity contribution < 1.29 is 9.53 Å². The molecule has 5 nitrogen and oxygen atoms in total. The predicted molar refractivity (Wildman–Crippen MR) is 49.9 cm³/mol. The third-order valence-electron chi connectivity index (χ3n) is 1.17. The summed E-state index contributed by atoms with van der Waals surface area (Å²) in [5, 5.41) is 5.24. The zero-order valence-electron chi connectivity index (χ0n) is 7.59. The Kier molecular flexibility index (Phi) is 6.23. The second-order valence-electron chi connectivity index (χ2n) is 2.10. The van der Waals surface area contributed by atoms with Crippen LogP contribution in [0.1, 0.15) is 12.7 Å². The first-order valence-electron chi connectivity index (χ1n) is 3.51. The Morgan fingerprint density at radius 1 is 1.62 bits per heavy atom.